The maximum Gasteiger partial charge on any atom is 0.358 e. The van der Waals surface area contributed by atoms with Gasteiger partial charge in [0.2, 0.25) is 0 Å². The van der Waals surface area contributed by atoms with E-state index in [4.69, 9.17) is 9.84 Å². The van der Waals surface area contributed by atoms with Crippen LogP contribution in [0.4, 0.5) is 0 Å². The molecule has 2 aromatic heterocycles. The molecule has 3 N–H and O–H groups in total. The van der Waals surface area contributed by atoms with E-state index < -0.39 is 5.97 Å². The fourth-order valence-corrected chi connectivity index (χ4v) is 1.94. The first-order valence-corrected chi connectivity index (χ1v) is 8.00. The summed E-state index contributed by atoms with van der Waals surface area (Å²) >= 11 is 0. The van der Waals surface area contributed by atoms with Crippen LogP contribution in [-0.4, -0.2) is 44.0 Å². The number of carbonyl (C=O) groups is 2. The molecule has 0 radical (unpaired) electrons. The fourth-order valence-electron chi connectivity index (χ4n) is 1.94. The highest BCUT2D eigenvalue weighted by molar-refractivity contribution is 5.87. The van der Waals surface area contributed by atoms with Gasteiger partial charge in [0.05, 0.1) is 6.61 Å². The van der Waals surface area contributed by atoms with E-state index >= 15 is 0 Å². The van der Waals surface area contributed by atoms with Crippen LogP contribution in [0.2, 0.25) is 0 Å². The number of esters is 1. The topological polar surface area (TPSA) is 121 Å². The Labute approximate surface area is 140 Å². The van der Waals surface area contributed by atoms with Gasteiger partial charge in [-0.1, -0.05) is 26.7 Å². The smallest absolute Gasteiger partial charge is 0.358 e. The second-order valence-electron chi connectivity index (χ2n) is 5.08. The summed E-state index contributed by atoms with van der Waals surface area (Å²) in [6.45, 7) is 6.26. The second kappa shape index (κ2) is 10.2. The Morgan fingerprint density at radius 1 is 1.00 bits per heavy atom. The average molecular weight is 336 g/mol. The highest BCUT2D eigenvalue weighted by Gasteiger charge is 2.10. The molecule has 2 rings (SSSR count). The molecule has 2 aromatic rings. The maximum atomic E-state index is 11.2. The third kappa shape index (κ3) is 6.23. The number of carboxylic acid groups (broad SMARTS) is 1. The Hall–Kier alpha value is -2.64. The molecule has 132 valence electrons. The molecule has 0 bridgehead atoms. The van der Waals surface area contributed by atoms with Crippen molar-refractivity contribution in [3.63, 3.8) is 0 Å². The average Bonchev–Trinajstić information content (AvgIpc) is 3.18. The lowest BCUT2D eigenvalue weighted by molar-refractivity contribution is 0.0519. The molecule has 0 spiro atoms. The number of nitrogens with zero attached hydrogens (tertiary/aromatic N) is 2. The second-order valence-corrected chi connectivity index (χ2v) is 5.08. The summed E-state index contributed by atoms with van der Waals surface area (Å²) < 4.78 is 4.80. The molecule has 8 heteroatoms. The van der Waals surface area contributed by atoms with Crippen LogP contribution in [0.5, 0.6) is 0 Å². The summed E-state index contributed by atoms with van der Waals surface area (Å²) in [5, 5.41) is 21.4. The normalized spacial score (nSPS) is 9.96. The lowest BCUT2D eigenvalue weighted by atomic mass is 10.2. The largest absolute Gasteiger partial charge is 0.476 e. The minimum absolute atomic E-state index is 0.0912. The van der Waals surface area contributed by atoms with E-state index in [0.29, 0.717) is 12.3 Å². The van der Waals surface area contributed by atoms with Gasteiger partial charge in [-0.2, -0.15) is 10.2 Å². The summed E-state index contributed by atoms with van der Waals surface area (Å²) in [6.07, 6.45) is 3.78. The van der Waals surface area contributed by atoms with Gasteiger partial charge in [-0.25, -0.2) is 9.59 Å². The van der Waals surface area contributed by atoms with Gasteiger partial charge in [0.1, 0.15) is 0 Å². The minimum Gasteiger partial charge on any atom is -0.476 e. The minimum atomic E-state index is -0.983. The summed E-state index contributed by atoms with van der Waals surface area (Å²) in [6, 6.07) is 3.30. The van der Waals surface area contributed by atoms with Crippen LogP contribution in [-0.2, 0) is 17.6 Å². The summed E-state index contributed by atoms with van der Waals surface area (Å²) in [5.74, 6) is -1.34. The van der Waals surface area contributed by atoms with Crippen LogP contribution in [0.1, 0.15) is 66.0 Å². The number of aromatic amines is 2. The van der Waals surface area contributed by atoms with Crippen LogP contribution < -0.4 is 0 Å². The van der Waals surface area contributed by atoms with E-state index in [-0.39, 0.29) is 11.7 Å². The Morgan fingerprint density at radius 3 is 1.92 bits per heavy atom. The molecule has 0 aliphatic rings. The van der Waals surface area contributed by atoms with Gasteiger partial charge in [-0.15, -0.1) is 0 Å². The zero-order chi connectivity index (χ0) is 17.9. The number of aryl methyl sites for hydroxylation is 2. The Bertz CT molecular complexity index is 648. The molecule has 0 atom stereocenters. The Balaban J connectivity index is 0.000000243. The molecule has 0 amide bonds. The monoisotopic (exact) mass is 336 g/mol. The van der Waals surface area contributed by atoms with E-state index in [2.05, 4.69) is 27.3 Å². The zero-order valence-corrected chi connectivity index (χ0v) is 14.3. The first kappa shape index (κ1) is 19.4. The molecule has 0 fully saturated rings. The number of carboxylic acids is 1. The lowest BCUT2D eigenvalue weighted by Gasteiger charge is -1.95. The molecular formula is C16H24N4O4. The number of aromatic nitrogens is 4. The summed E-state index contributed by atoms with van der Waals surface area (Å²) in [7, 11) is 0. The third-order valence-corrected chi connectivity index (χ3v) is 3.00. The third-order valence-electron chi connectivity index (χ3n) is 3.00. The molecule has 8 nitrogen and oxygen atoms in total. The maximum absolute atomic E-state index is 11.2. The highest BCUT2D eigenvalue weighted by atomic mass is 16.5. The standard InChI is InChI=1S/C9H14N2O2.C7H10N2O2/c1-3-5-7-6-8(11-10-7)9(12)13-4-2;1-2-3-5-4-6(7(10)11)9-8-5/h6H,3-5H2,1-2H3,(H,10,11);4H,2-3H2,1H3,(H,8,9)(H,10,11). The molecule has 24 heavy (non-hydrogen) atoms. The van der Waals surface area contributed by atoms with Crippen molar-refractivity contribution in [2.75, 3.05) is 6.61 Å². The van der Waals surface area contributed by atoms with E-state index in [0.717, 1.165) is 37.1 Å². The molecule has 2 heterocycles. The Morgan fingerprint density at radius 2 is 1.50 bits per heavy atom. The number of carbonyl (C=O) groups excluding carboxylic acids is 1. The quantitative estimate of drug-likeness (QED) is 0.668. The zero-order valence-electron chi connectivity index (χ0n) is 14.3. The predicted octanol–water partition coefficient (Wildman–Crippen LogP) is 2.60. The van der Waals surface area contributed by atoms with Gasteiger partial charge < -0.3 is 9.84 Å². The molecule has 0 saturated heterocycles. The fraction of sp³-hybridized carbons (Fsp3) is 0.500. The van der Waals surface area contributed by atoms with Gasteiger partial charge in [-0.05, 0) is 31.9 Å². The summed E-state index contributed by atoms with van der Waals surface area (Å²) in [5.41, 5.74) is 2.31. The van der Waals surface area contributed by atoms with Crippen molar-refractivity contribution < 1.29 is 19.4 Å². The van der Waals surface area contributed by atoms with Crippen LogP contribution in [0.3, 0.4) is 0 Å². The lowest BCUT2D eigenvalue weighted by Crippen LogP contribution is -2.04. The number of hydrogen-bond donors (Lipinski definition) is 3. The molecule has 0 aromatic carbocycles. The highest BCUT2D eigenvalue weighted by Crippen LogP contribution is 2.04. The van der Waals surface area contributed by atoms with Crippen LogP contribution in [0.15, 0.2) is 12.1 Å². The first-order valence-electron chi connectivity index (χ1n) is 8.00. The summed E-state index contributed by atoms with van der Waals surface area (Å²) in [4.78, 5) is 21.5. The number of rotatable bonds is 7. The van der Waals surface area contributed by atoms with E-state index in [1.807, 2.05) is 6.92 Å². The molecule has 0 aliphatic carbocycles. The van der Waals surface area contributed by atoms with Gasteiger partial charge >= 0.3 is 11.9 Å². The van der Waals surface area contributed by atoms with Gasteiger partial charge in [-0.3, -0.25) is 10.2 Å². The number of aromatic carboxylic acids is 1. The number of hydrogen-bond acceptors (Lipinski definition) is 5. The van der Waals surface area contributed by atoms with Crippen LogP contribution >= 0.6 is 0 Å². The van der Waals surface area contributed by atoms with Gasteiger partial charge in [0, 0.05) is 11.4 Å². The first-order chi connectivity index (χ1) is 11.5. The predicted molar refractivity (Wildman–Crippen MR) is 88.1 cm³/mol. The van der Waals surface area contributed by atoms with Crippen molar-refractivity contribution in [3.8, 4) is 0 Å². The van der Waals surface area contributed by atoms with Crippen molar-refractivity contribution in [2.24, 2.45) is 0 Å². The van der Waals surface area contributed by atoms with E-state index in [1.54, 1.807) is 19.1 Å². The number of ether oxygens (including phenoxy) is 1. The van der Waals surface area contributed by atoms with Crippen molar-refractivity contribution in [1.29, 1.82) is 0 Å². The van der Waals surface area contributed by atoms with Crippen molar-refractivity contribution >= 4 is 11.9 Å². The van der Waals surface area contributed by atoms with Crippen LogP contribution in [0, 0.1) is 0 Å². The Kier molecular flexibility index (Phi) is 8.24. The van der Waals surface area contributed by atoms with Gasteiger partial charge in [0.15, 0.2) is 11.4 Å². The number of nitrogens with one attached hydrogen (secondary N) is 2. The van der Waals surface area contributed by atoms with Gasteiger partial charge in [0.25, 0.3) is 0 Å². The van der Waals surface area contributed by atoms with E-state index in [1.165, 1.54) is 0 Å². The number of H-pyrrole nitrogens is 2. The molecule has 0 unspecified atom stereocenters. The van der Waals surface area contributed by atoms with Crippen molar-refractivity contribution in [3.05, 3.63) is 34.9 Å². The molecular weight excluding hydrogens is 312 g/mol. The molecule has 0 aliphatic heterocycles. The molecule has 0 saturated carbocycles. The van der Waals surface area contributed by atoms with E-state index in [9.17, 15) is 9.59 Å². The van der Waals surface area contributed by atoms with Crippen molar-refractivity contribution in [1.82, 2.24) is 20.4 Å². The SMILES string of the molecule is CCCc1cc(C(=O)O)n[nH]1.CCCc1cc(C(=O)OCC)n[nH]1. The van der Waals surface area contributed by atoms with Crippen molar-refractivity contribution in [2.45, 2.75) is 46.5 Å². The van der Waals surface area contributed by atoms with Crippen LogP contribution in [0.25, 0.3) is 0 Å².